The van der Waals surface area contributed by atoms with Crippen LogP contribution in [0.2, 0.25) is 0 Å². The standard InChI is InChI=1S/C16H21N3O2/c1-4-21-15-8-6-5-7-12(15)10-19(3)16(20)14-9-13(17)11-18(14)2/h5-9,11H,4,10,17H2,1-3H3. The highest BCUT2D eigenvalue weighted by Gasteiger charge is 2.17. The van der Waals surface area contributed by atoms with E-state index in [2.05, 4.69) is 0 Å². The van der Waals surface area contributed by atoms with Gasteiger partial charge in [0.15, 0.2) is 0 Å². The minimum Gasteiger partial charge on any atom is -0.494 e. The number of rotatable bonds is 5. The minimum atomic E-state index is -0.0690. The summed E-state index contributed by atoms with van der Waals surface area (Å²) >= 11 is 0. The molecular formula is C16H21N3O2. The van der Waals surface area contributed by atoms with Gasteiger partial charge in [-0.15, -0.1) is 0 Å². The van der Waals surface area contributed by atoms with Gasteiger partial charge in [-0.1, -0.05) is 18.2 Å². The number of ether oxygens (including phenoxy) is 1. The Hall–Kier alpha value is -2.43. The summed E-state index contributed by atoms with van der Waals surface area (Å²) in [5, 5.41) is 0. The third-order valence-corrected chi connectivity index (χ3v) is 3.27. The van der Waals surface area contributed by atoms with Crippen LogP contribution in [0.4, 0.5) is 5.69 Å². The van der Waals surface area contributed by atoms with Crippen molar-refractivity contribution in [2.45, 2.75) is 13.5 Å². The first-order chi connectivity index (χ1) is 10.0. The average Bonchev–Trinajstić information content (AvgIpc) is 2.79. The van der Waals surface area contributed by atoms with Gasteiger partial charge in [0.1, 0.15) is 11.4 Å². The van der Waals surface area contributed by atoms with E-state index in [9.17, 15) is 4.79 Å². The molecule has 0 unspecified atom stereocenters. The molecule has 0 saturated heterocycles. The van der Waals surface area contributed by atoms with Crippen molar-refractivity contribution in [1.82, 2.24) is 9.47 Å². The molecule has 0 saturated carbocycles. The highest BCUT2D eigenvalue weighted by molar-refractivity contribution is 5.93. The number of carbonyl (C=O) groups excluding carboxylic acids is 1. The second-order valence-corrected chi connectivity index (χ2v) is 4.97. The first kappa shape index (κ1) is 15.0. The third kappa shape index (κ3) is 3.37. The molecule has 0 atom stereocenters. The van der Waals surface area contributed by atoms with Crippen LogP contribution in [0.1, 0.15) is 23.0 Å². The van der Waals surface area contributed by atoms with Crippen LogP contribution in [-0.2, 0) is 13.6 Å². The number of amides is 1. The van der Waals surface area contributed by atoms with Crippen molar-refractivity contribution in [2.24, 2.45) is 7.05 Å². The summed E-state index contributed by atoms with van der Waals surface area (Å²) in [6.07, 6.45) is 1.73. The third-order valence-electron chi connectivity index (χ3n) is 3.27. The van der Waals surface area contributed by atoms with Gasteiger partial charge in [-0.3, -0.25) is 4.79 Å². The maximum absolute atomic E-state index is 12.5. The zero-order valence-corrected chi connectivity index (χ0v) is 12.7. The van der Waals surface area contributed by atoms with E-state index in [1.54, 1.807) is 28.8 Å². The number of nitrogens with zero attached hydrogens (tertiary/aromatic N) is 2. The fraction of sp³-hybridized carbons (Fsp3) is 0.312. The SMILES string of the molecule is CCOc1ccccc1CN(C)C(=O)c1cc(N)cn1C. The van der Waals surface area contributed by atoms with E-state index < -0.39 is 0 Å². The van der Waals surface area contributed by atoms with Gasteiger partial charge >= 0.3 is 0 Å². The van der Waals surface area contributed by atoms with Crippen LogP contribution in [0.3, 0.4) is 0 Å². The summed E-state index contributed by atoms with van der Waals surface area (Å²) in [5.74, 6) is 0.742. The van der Waals surface area contributed by atoms with Crippen molar-refractivity contribution in [3.8, 4) is 5.75 Å². The molecule has 1 aromatic heterocycles. The quantitative estimate of drug-likeness (QED) is 0.917. The van der Waals surface area contributed by atoms with Crippen LogP contribution in [0, 0.1) is 0 Å². The fourth-order valence-electron chi connectivity index (χ4n) is 2.26. The molecule has 0 aliphatic carbocycles. The Morgan fingerprint density at radius 2 is 2.10 bits per heavy atom. The van der Waals surface area contributed by atoms with Crippen molar-refractivity contribution in [1.29, 1.82) is 0 Å². The Labute approximate surface area is 124 Å². The first-order valence-electron chi connectivity index (χ1n) is 6.91. The van der Waals surface area contributed by atoms with Crippen LogP contribution in [-0.4, -0.2) is 29.0 Å². The normalized spacial score (nSPS) is 10.4. The number of para-hydroxylation sites is 1. The predicted octanol–water partition coefficient (Wildman–Crippen LogP) is 2.28. The molecule has 1 aromatic carbocycles. The second kappa shape index (κ2) is 6.35. The van der Waals surface area contributed by atoms with Gasteiger partial charge in [0, 0.05) is 32.4 Å². The zero-order chi connectivity index (χ0) is 15.4. The molecule has 0 radical (unpaired) electrons. The number of benzene rings is 1. The van der Waals surface area contributed by atoms with Crippen LogP contribution in [0.5, 0.6) is 5.75 Å². The molecule has 0 spiro atoms. The van der Waals surface area contributed by atoms with E-state index in [0.717, 1.165) is 11.3 Å². The maximum atomic E-state index is 12.5. The van der Waals surface area contributed by atoms with E-state index in [-0.39, 0.29) is 5.91 Å². The van der Waals surface area contributed by atoms with Crippen LogP contribution >= 0.6 is 0 Å². The molecule has 2 aromatic rings. The number of aromatic nitrogens is 1. The lowest BCUT2D eigenvalue weighted by Crippen LogP contribution is -2.28. The lowest BCUT2D eigenvalue weighted by Gasteiger charge is -2.19. The second-order valence-electron chi connectivity index (χ2n) is 4.97. The molecule has 21 heavy (non-hydrogen) atoms. The molecule has 112 valence electrons. The Morgan fingerprint density at radius 3 is 2.71 bits per heavy atom. The number of anilines is 1. The molecule has 1 heterocycles. The number of nitrogens with two attached hydrogens (primary N) is 1. The monoisotopic (exact) mass is 287 g/mol. The molecule has 0 aliphatic rings. The lowest BCUT2D eigenvalue weighted by atomic mass is 10.2. The Kier molecular flexibility index (Phi) is 4.52. The van der Waals surface area contributed by atoms with Gasteiger partial charge in [-0.2, -0.15) is 0 Å². The number of carbonyl (C=O) groups is 1. The van der Waals surface area contributed by atoms with Crippen molar-refractivity contribution >= 4 is 11.6 Å². The molecule has 5 heteroatoms. The fourth-order valence-corrected chi connectivity index (χ4v) is 2.26. The van der Waals surface area contributed by atoms with Gasteiger partial charge < -0.3 is 19.9 Å². The van der Waals surface area contributed by atoms with Crippen LogP contribution in [0.25, 0.3) is 0 Å². The number of hydrogen-bond donors (Lipinski definition) is 1. The maximum Gasteiger partial charge on any atom is 0.270 e. The van der Waals surface area contributed by atoms with Crippen LogP contribution < -0.4 is 10.5 Å². The summed E-state index contributed by atoms with van der Waals surface area (Å²) < 4.78 is 7.33. The molecule has 2 N–H and O–H groups in total. The highest BCUT2D eigenvalue weighted by atomic mass is 16.5. The predicted molar refractivity (Wildman–Crippen MR) is 83.2 cm³/mol. The summed E-state index contributed by atoms with van der Waals surface area (Å²) in [7, 11) is 3.58. The topological polar surface area (TPSA) is 60.5 Å². The van der Waals surface area contributed by atoms with Crippen molar-refractivity contribution < 1.29 is 9.53 Å². The zero-order valence-electron chi connectivity index (χ0n) is 12.7. The number of hydrogen-bond acceptors (Lipinski definition) is 3. The van der Waals surface area contributed by atoms with E-state index in [0.29, 0.717) is 24.5 Å². The van der Waals surface area contributed by atoms with Gasteiger partial charge in [0.05, 0.1) is 12.3 Å². The van der Waals surface area contributed by atoms with Gasteiger partial charge in [0.25, 0.3) is 5.91 Å². The van der Waals surface area contributed by atoms with Crippen LogP contribution in [0.15, 0.2) is 36.5 Å². The van der Waals surface area contributed by atoms with E-state index in [1.165, 1.54) is 0 Å². The van der Waals surface area contributed by atoms with E-state index in [4.69, 9.17) is 10.5 Å². The van der Waals surface area contributed by atoms with E-state index >= 15 is 0 Å². The Bertz CT molecular complexity index is 634. The smallest absolute Gasteiger partial charge is 0.270 e. The molecule has 0 bridgehead atoms. The van der Waals surface area contributed by atoms with Crippen molar-refractivity contribution in [3.63, 3.8) is 0 Å². The van der Waals surface area contributed by atoms with Crippen molar-refractivity contribution in [3.05, 3.63) is 47.8 Å². The molecule has 0 aliphatic heterocycles. The first-order valence-corrected chi connectivity index (χ1v) is 6.91. The summed E-state index contributed by atoms with van der Waals surface area (Å²) in [6.45, 7) is 3.03. The lowest BCUT2D eigenvalue weighted by molar-refractivity contribution is 0.0774. The Morgan fingerprint density at radius 1 is 1.38 bits per heavy atom. The van der Waals surface area contributed by atoms with Gasteiger partial charge in [-0.25, -0.2) is 0 Å². The molecule has 2 rings (SSSR count). The highest BCUT2D eigenvalue weighted by Crippen LogP contribution is 2.20. The molecule has 1 amide bonds. The Balaban J connectivity index is 2.16. The number of nitrogen functional groups attached to an aromatic ring is 1. The summed E-state index contributed by atoms with van der Waals surface area (Å²) in [4.78, 5) is 14.1. The number of aryl methyl sites for hydroxylation is 1. The molecule has 5 nitrogen and oxygen atoms in total. The van der Waals surface area contributed by atoms with Gasteiger partial charge in [0.2, 0.25) is 0 Å². The van der Waals surface area contributed by atoms with Gasteiger partial charge in [-0.05, 0) is 19.1 Å². The largest absolute Gasteiger partial charge is 0.494 e. The summed E-state index contributed by atoms with van der Waals surface area (Å²) in [5.41, 5.74) is 7.87. The summed E-state index contributed by atoms with van der Waals surface area (Å²) in [6, 6.07) is 9.43. The minimum absolute atomic E-state index is 0.0690. The van der Waals surface area contributed by atoms with Crippen molar-refractivity contribution in [2.75, 3.05) is 19.4 Å². The molecular weight excluding hydrogens is 266 g/mol. The average molecular weight is 287 g/mol. The van der Waals surface area contributed by atoms with E-state index in [1.807, 2.05) is 38.2 Å². The molecule has 0 fully saturated rings.